The van der Waals surface area contributed by atoms with Crippen molar-refractivity contribution in [3.05, 3.63) is 0 Å². The lowest BCUT2D eigenvalue weighted by atomic mass is 10.1. The molecule has 98 valence electrons. The standard InChI is InChI=1S/C11H20N2O4/c1-11(2,7-17-3)12-10(16)13-6-4-5-8(13)9(14)15/h8H,4-7H2,1-3H3,(H,12,16)(H,14,15)/t8-/m0/s1. The van der Waals surface area contributed by atoms with Crippen molar-refractivity contribution < 1.29 is 19.4 Å². The number of likely N-dealkylation sites (tertiary alicyclic amines) is 1. The zero-order valence-electron chi connectivity index (χ0n) is 10.5. The lowest BCUT2D eigenvalue weighted by molar-refractivity contribution is -0.141. The second-order valence-corrected chi connectivity index (χ2v) is 4.94. The fraction of sp³-hybridized carbons (Fsp3) is 0.818. The van der Waals surface area contributed by atoms with Crippen LogP contribution in [0, 0.1) is 0 Å². The molecule has 1 rings (SSSR count). The fourth-order valence-corrected chi connectivity index (χ4v) is 2.02. The number of urea groups is 1. The smallest absolute Gasteiger partial charge is 0.326 e. The van der Waals surface area contributed by atoms with E-state index in [0.717, 1.165) is 6.42 Å². The molecule has 1 aliphatic rings. The first-order valence-electron chi connectivity index (χ1n) is 5.68. The van der Waals surface area contributed by atoms with E-state index in [1.54, 1.807) is 7.11 Å². The summed E-state index contributed by atoms with van der Waals surface area (Å²) in [5.41, 5.74) is -0.503. The molecule has 1 atom stereocenters. The molecule has 1 saturated heterocycles. The van der Waals surface area contributed by atoms with E-state index in [1.165, 1.54) is 4.90 Å². The second kappa shape index (κ2) is 5.35. The topological polar surface area (TPSA) is 78.9 Å². The quantitative estimate of drug-likeness (QED) is 0.762. The molecule has 0 aromatic heterocycles. The van der Waals surface area contributed by atoms with Crippen molar-refractivity contribution in [3.8, 4) is 0 Å². The Hall–Kier alpha value is -1.30. The number of aliphatic carboxylic acids is 1. The number of ether oxygens (including phenoxy) is 1. The minimum atomic E-state index is -0.942. The van der Waals surface area contributed by atoms with Gasteiger partial charge in [-0.05, 0) is 26.7 Å². The third-order valence-electron chi connectivity index (χ3n) is 2.75. The largest absolute Gasteiger partial charge is 0.480 e. The van der Waals surface area contributed by atoms with Crippen molar-refractivity contribution >= 4 is 12.0 Å². The highest BCUT2D eigenvalue weighted by atomic mass is 16.5. The number of rotatable bonds is 4. The molecule has 0 saturated carbocycles. The summed E-state index contributed by atoms with van der Waals surface area (Å²) >= 11 is 0. The molecule has 2 amide bonds. The summed E-state index contributed by atoms with van der Waals surface area (Å²) in [4.78, 5) is 24.3. The monoisotopic (exact) mass is 244 g/mol. The molecule has 6 nitrogen and oxygen atoms in total. The predicted octanol–water partition coefficient (Wildman–Crippen LogP) is 0.670. The Kier molecular flexibility index (Phi) is 4.34. The summed E-state index contributed by atoms with van der Waals surface area (Å²) in [6, 6.07) is -1.04. The first kappa shape index (κ1) is 13.8. The van der Waals surface area contributed by atoms with Gasteiger partial charge in [-0.25, -0.2) is 9.59 Å². The number of amides is 2. The summed E-state index contributed by atoms with van der Waals surface area (Å²) in [5.74, 6) is -0.942. The van der Waals surface area contributed by atoms with Crippen LogP contribution in [-0.2, 0) is 9.53 Å². The van der Waals surface area contributed by atoms with Crippen molar-refractivity contribution in [1.82, 2.24) is 10.2 Å². The van der Waals surface area contributed by atoms with Gasteiger partial charge in [-0.2, -0.15) is 0 Å². The van der Waals surface area contributed by atoms with Gasteiger partial charge < -0.3 is 20.1 Å². The van der Waals surface area contributed by atoms with Gasteiger partial charge in [0.25, 0.3) is 0 Å². The number of carboxylic acid groups (broad SMARTS) is 1. The van der Waals surface area contributed by atoms with Gasteiger partial charge in [0, 0.05) is 13.7 Å². The van der Waals surface area contributed by atoms with Crippen molar-refractivity contribution in [2.24, 2.45) is 0 Å². The molecule has 1 fully saturated rings. The number of hydrogen-bond acceptors (Lipinski definition) is 3. The number of nitrogens with zero attached hydrogens (tertiary/aromatic N) is 1. The molecular formula is C11H20N2O4. The second-order valence-electron chi connectivity index (χ2n) is 4.94. The summed E-state index contributed by atoms with van der Waals surface area (Å²) in [6.07, 6.45) is 1.25. The predicted molar refractivity (Wildman–Crippen MR) is 61.9 cm³/mol. The lowest BCUT2D eigenvalue weighted by Crippen LogP contribution is -2.54. The van der Waals surface area contributed by atoms with Gasteiger partial charge >= 0.3 is 12.0 Å². The highest BCUT2D eigenvalue weighted by molar-refractivity contribution is 5.83. The number of carbonyl (C=O) groups is 2. The van der Waals surface area contributed by atoms with Gasteiger partial charge in [-0.15, -0.1) is 0 Å². The molecule has 0 radical (unpaired) electrons. The average molecular weight is 244 g/mol. The number of carboxylic acids is 1. The molecule has 0 bridgehead atoms. The van der Waals surface area contributed by atoms with Crippen LogP contribution >= 0.6 is 0 Å². The zero-order chi connectivity index (χ0) is 13.1. The number of carbonyl (C=O) groups excluding carboxylic acids is 1. The van der Waals surface area contributed by atoms with E-state index >= 15 is 0 Å². The van der Waals surface area contributed by atoms with Gasteiger partial charge in [-0.3, -0.25) is 0 Å². The van der Waals surface area contributed by atoms with E-state index in [0.29, 0.717) is 19.6 Å². The van der Waals surface area contributed by atoms with E-state index in [1.807, 2.05) is 13.8 Å². The van der Waals surface area contributed by atoms with Crippen molar-refractivity contribution in [2.75, 3.05) is 20.3 Å². The first-order valence-corrected chi connectivity index (χ1v) is 5.68. The maximum Gasteiger partial charge on any atom is 0.326 e. The summed E-state index contributed by atoms with van der Waals surface area (Å²) in [7, 11) is 1.56. The Labute approximate surface area is 101 Å². The normalized spacial score (nSPS) is 20.4. The molecule has 0 aliphatic carbocycles. The van der Waals surface area contributed by atoms with Gasteiger partial charge in [0.1, 0.15) is 6.04 Å². The Balaban J connectivity index is 2.61. The van der Waals surface area contributed by atoms with E-state index in [9.17, 15) is 9.59 Å². The van der Waals surface area contributed by atoms with Gasteiger partial charge in [0.2, 0.25) is 0 Å². The van der Waals surface area contributed by atoms with E-state index < -0.39 is 17.6 Å². The van der Waals surface area contributed by atoms with Crippen LogP contribution in [0.2, 0.25) is 0 Å². The summed E-state index contributed by atoms with van der Waals surface area (Å²) in [5, 5.41) is 11.8. The Morgan fingerprint density at radius 1 is 1.53 bits per heavy atom. The highest BCUT2D eigenvalue weighted by Gasteiger charge is 2.35. The summed E-state index contributed by atoms with van der Waals surface area (Å²) in [6.45, 7) is 4.54. The third kappa shape index (κ3) is 3.59. The maximum absolute atomic E-state index is 11.9. The molecule has 1 aliphatic heterocycles. The van der Waals surface area contributed by atoms with Crippen molar-refractivity contribution in [3.63, 3.8) is 0 Å². The Morgan fingerprint density at radius 3 is 2.71 bits per heavy atom. The Bertz CT molecular complexity index is 304. The van der Waals surface area contributed by atoms with Crippen LogP contribution in [0.1, 0.15) is 26.7 Å². The minimum absolute atomic E-state index is 0.336. The van der Waals surface area contributed by atoms with Crippen LogP contribution in [0.15, 0.2) is 0 Å². The molecule has 0 aromatic carbocycles. The highest BCUT2D eigenvalue weighted by Crippen LogP contribution is 2.18. The molecule has 17 heavy (non-hydrogen) atoms. The van der Waals surface area contributed by atoms with E-state index in [2.05, 4.69) is 5.32 Å². The molecule has 1 heterocycles. The van der Waals surface area contributed by atoms with Gasteiger partial charge in [0.05, 0.1) is 12.1 Å². The van der Waals surface area contributed by atoms with Gasteiger partial charge in [-0.1, -0.05) is 0 Å². The van der Waals surface area contributed by atoms with Crippen LogP contribution in [0.5, 0.6) is 0 Å². The molecule has 2 N–H and O–H groups in total. The molecular weight excluding hydrogens is 224 g/mol. The van der Waals surface area contributed by atoms with Crippen LogP contribution in [0.3, 0.4) is 0 Å². The maximum atomic E-state index is 11.9. The van der Waals surface area contributed by atoms with Crippen LogP contribution < -0.4 is 5.32 Å². The van der Waals surface area contributed by atoms with E-state index in [-0.39, 0.29) is 6.03 Å². The minimum Gasteiger partial charge on any atom is -0.480 e. The van der Waals surface area contributed by atoms with Crippen molar-refractivity contribution in [1.29, 1.82) is 0 Å². The molecule has 0 unspecified atom stereocenters. The zero-order valence-corrected chi connectivity index (χ0v) is 10.5. The molecule has 0 aromatic rings. The first-order chi connectivity index (χ1) is 7.87. The number of methoxy groups -OCH3 is 1. The molecule has 0 spiro atoms. The fourth-order valence-electron chi connectivity index (χ4n) is 2.02. The SMILES string of the molecule is COCC(C)(C)NC(=O)N1CCC[C@H]1C(=O)O. The van der Waals surface area contributed by atoms with Crippen molar-refractivity contribution in [2.45, 2.75) is 38.3 Å². The number of nitrogens with one attached hydrogen (secondary N) is 1. The van der Waals surface area contributed by atoms with Crippen LogP contribution in [-0.4, -0.2) is 53.8 Å². The Morgan fingerprint density at radius 2 is 2.18 bits per heavy atom. The average Bonchev–Trinajstić information content (AvgIpc) is 2.64. The van der Waals surface area contributed by atoms with Crippen LogP contribution in [0.4, 0.5) is 4.79 Å². The summed E-state index contributed by atoms with van der Waals surface area (Å²) < 4.78 is 4.99. The van der Waals surface area contributed by atoms with Gasteiger partial charge in [0.15, 0.2) is 0 Å². The lowest BCUT2D eigenvalue weighted by Gasteiger charge is -2.30. The van der Waals surface area contributed by atoms with E-state index in [4.69, 9.17) is 9.84 Å². The third-order valence-corrected chi connectivity index (χ3v) is 2.75. The molecule has 6 heteroatoms. The van der Waals surface area contributed by atoms with Crippen LogP contribution in [0.25, 0.3) is 0 Å². The number of hydrogen-bond donors (Lipinski definition) is 2.